The molecule has 1 heterocycles. The predicted molar refractivity (Wildman–Crippen MR) is 82.4 cm³/mol. The maximum atomic E-state index is 4.27. The van der Waals surface area contributed by atoms with E-state index in [9.17, 15) is 0 Å². The number of aromatic nitrogens is 4. The summed E-state index contributed by atoms with van der Waals surface area (Å²) in [5.74, 6) is 1.29. The van der Waals surface area contributed by atoms with E-state index < -0.39 is 0 Å². The summed E-state index contributed by atoms with van der Waals surface area (Å²) >= 11 is 3.47. The fourth-order valence-corrected chi connectivity index (χ4v) is 2.45. The molecule has 20 heavy (non-hydrogen) atoms. The molecule has 0 amide bonds. The van der Waals surface area contributed by atoms with Crippen molar-refractivity contribution in [1.82, 2.24) is 25.5 Å². The van der Waals surface area contributed by atoms with Gasteiger partial charge in [0.25, 0.3) is 0 Å². The molecule has 5 nitrogen and oxygen atoms in total. The fraction of sp³-hybridized carbons (Fsp3) is 0.500. The van der Waals surface area contributed by atoms with E-state index in [1.807, 2.05) is 0 Å². The van der Waals surface area contributed by atoms with Crippen molar-refractivity contribution in [3.63, 3.8) is 0 Å². The summed E-state index contributed by atoms with van der Waals surface area (Å²) in [6.45, 7) is 4.06. The third kappa shape index (κ3) is 4.68. The van der Waals surface area contributed by atoms with E-state index in [4.69, 9.17) is 0 Å². The number of benzene rings is 1. The Labute approximate surface area is 127 Å². The van der Waals surface area contributed by atoms with Gasteiger partial charge in [-0.1, -0.05) is 35.0 Å². The van der Waals surface area contributed by atoms with Crippen LogP contribution in [0.25, 0.3) is 0 Å². The molecule has 2 rings (SSSR count). The topological polar surface area (TPSA) is 55.6 Å². The molecule has 0 aliphatic carbocycles. The molecule has 108 valence electrons. The lowest BCUT2D eigenvalue weighted by Crippen LogP contribution is -2.26. The second-order valence-corrected chi connectivity index (χ2v) is 5.82. The molecular formula is C14H20BrN5. The number of rotatable bonds is 7. The van der Waals surface area contributed by atoms with Crippen molar-refractivity contribution in [2.45, 2.75) is 19.8 Å². The average Bonchev–Trinajstić information content (AvgIpc) is 2.84. The molecule has 0 saturated heterocycles. The van der Waals surface area contributed by atoms with Crippen molar-refractivity contribution < 1.29 is 0 Å². The van der Waals surface area contributed by atoms with E-state index in [2.05, 4.69) is 67.8 Å². The van der Waals surface area contributed by atoms with Crippen LogP contribution in [0.2, 0.25) is 0 Å². The number of hydrogen-bond donors (Lipinski definition) is 1. The Kier molecular flexibility index (Phi) is 5.67. The van der Waals surface area contributed by atoms with Crippen LogP contribution in [0.1, 0.15) is 18.3 Å². The largest absolute Gasteiger partial charge is 0.317 e. The van der Waals surface area contributed by atoms with Crippen LogP contribution >= 0.6 is 15.9 Å². The quantitative estimate of drug-likeness (QED) is 0.839. The highest BCUT2D eigenvalue weighted by Gasteiger charge is 2.13. The van der Waals surface area contributed by atoms with Crippen LogP contribution in [-0.4, -0.2) is 33.3 Å². The average molecular weight is 338 g/mol. The van der Waals surface area contributed by atoms with Gasteiger partial charge in [0.05, 0.1) is 7.05 Å². The first-order valence-corrected chi connectivity index (χ1v) is 7.64. The molecule has 1 N–H and O–H groups in total. The third-order valence-corrected chi connectivity index (χ3v) is 3.67. The van der Waals surface area contributed by atoms with Crippen LogP contribution in [0.15, 0.2) is 28.7 Å². The smallest absolute Gasteiger partial charge is 0.175 e. The third-order valence-electron chi connectivity index (χ3n) is 3.14. The van der Waals surface area contributed by atoms with Gasteiger partial charge in [-0.2, -0.15) is 4.80 Å². The summed E-state index contributed by atoms with van der Waals surface area (Å²) in [5.41, 5.74) is 1.33. The Morgan fingerprint density at radius 1 is 1.25 bits per heavy atom. The summed E-state index contributed by atoms with van der Waals surface area (Å²) in [5, 5.41) is 15.7. The maximum Gasteiger partial charge on any atom is 0.175 e. The Morgan fingerprint density at radius 2 is 2.00 bits per heavy atom. The molecule has 1 unspecified atom stereocenters. The lowest BCUT2D eigenvalue weighted by atomic mass is 9.96. The first-order valence-electron chi connectivity index (χ1n) is 6.85. The Bertz CT molecular complexity index is 523. The van der Waals surface area contributed by atoms with Crippen molar-refractivity contribution in [2.24, 2.45) is 13.0 Å². The van der Waals surface area contributed by atoms with Crippen molar-refractivity contribution >= 4 is 15.9 Å². The zero-order valence-corrected chi connectivity index (χ0v) is 13.5. The van der Waals surface area contributed by atoms with E-state index in [0.29, 0.717) is 5.92 Å². The molecule has 0 aliphatic rings. The normalized spacial score (nSPS) is 12.6. The monoisotopic (exact) mass is 337 g/mol. The zero-order valence-electron chi connectivity index (χ0n) is 11.9. The van der Waals surface area contributed by atoms with E-state index >= 15 is 0 Å². The second-order valence-electron chi connectivity index (χ2n) is 4.90. The molecule has 1 atom stereocenters. The summed E-state index contributed by atoms with van der Waals surface area (Å²) < 4.78 is 1.11. The molecule has 6 heteroatoms. The molecule has 0 aliphatic heterocycles. The first-order chi connectivity index (χ1) is 9.67. The highest BCUT2D eigenvalue weighted by molar-refractivity contribution is 9.10. The molecule has 2 aromatic rings. The van der Waals surface area contributed by atoms with E-state index in [-0.39, 0.29) is 0 Å². The molecule has 0 saturated carbocycles. The van der Waals surface area contributed by atoms with Gasteiger partial charge in [-0.3, -0.25) is 0 Å². The highest BCUT2D eigenvalue weighted by Crippen LogP contribution is 2.15. The Morgan fingerprint density at radius 3 is 2.60 bits per heavy atom. The van der Waals surface area contributed by atoms with E-state index in [1.165, 1.54) is 10.4 Å². The van der Waals surface area contributed by atoms with Crippen LogP contribution in [0.5, 0.6) is 0 Å². The number of tetrazole rings is 1. The van der Waals surface area contributed by atoms with Gasteiger partial charge in [0.2, 0.25) is 0 Å². The summed E-state index contributed by atoms with van der Waals surface area (Å²) in [6.07, 6.45) is 1.86. The first kappa shape index (κ1) is 15.1. The number of hydrogen-bond acceptors (Lipinski definition) is 4. The molecule has 0 radical (unpaired) electrons. The molecule has 0 spiro atoms. The molecule has 0 bridgehead atoms. The minimum atomic E-state index is 0.473. The Hall–Kier alpha value is -1.27. The minimum absolute atomic E-state index is 0.473. The van der Waals surface area contributed by atoms with Crippen molar-refractivity contribution in [2.75, 3.05) is 13.1 Å². The SMILES string of the molecule is CCNCC(Cc1ccc(Br)cc1)Cc1nnn(C)n1. The zero-order chi connectivity index (χ0) is 14.4. The van der Waals surface area contributed by atoms with Crippen LogP contribution in [-0.2, 0) is 19.9 Å². The maximum absolute atomic E-state index is 4.27. The highest BCUT2D eigenvalue weighted by atomic mass is 79.9. The molecule has 1 aromatic carbocycles. The minimum Gasteiger partial charge on any atom is -0.317 e. The van der Waals surface area contributed by atoms with Gasteiger partial charge in [0, 0.05) is 10.9 Å². The van der Waals surface area contributed by atoms with Gasteiger partial charge < -0.3 is 5.32 Å². The van der Waals surface area contributed by atoms with Gasteiger partial charge in [-0.25, -0.2) is 0 Å². The van der Waals surface area contributed by atoms with Gasteiger partial charge in [0.1, 0.15) is 0 Å². The van der Waals surface area contributed by atoms with Crippen molar-refractivity contribution in [1.29, 1.82) is 0 Å². The molecule has 1 aromatic heterocycles. The summed E-state index contributed by atoms with van der Waals surface area (Å²) in [6, 6.07) is 8.49. The number of nitrogens with zero attached hydrogens (tertiary/aromatic N) is 4. The molecular weight excluding hydrogens is 318 g/mol. The molecule has 0 fully saturated rings. The lowest BCUT2D eigenvalue weighted by molar-refractivity contribution is 0.467. The number of nitrogens with one attached hydrogen (secondary N) is 1. The van der Waals surface area contributed by atoms with Gasteiger partial charge in [0.15, 0.2) is 5.82 Å². The summed E-state index contributed by atoms with van der Waals surface area (Å²) in [7, 11) is 1.80. The predicted octanol–water partition coefficient (Wildman–Crippen LogP) is 1.98. The second kappa shape index (κ2) is 7.50. The van der Waals surface area contributed by atoms with E-state index in [0.717, 1.165) is 36.2 Å². The number of aryl methyl sites for hydroxylation is 1. The lowest BCUT2D eigenvalue weighted by Gasteiger charge is -2.15. The van der Waals surface area contributed by atoms with Gasteiger partial charge >= 0.3 is 0 Å². The standard InChI is InChI=1S/C14H20BrN5/c1-3-16-10-12(9-14-17-19-20(2)18-14)8-11-4-6-13(15)7-5-11/h4-7,12,16H,3,8-10H2,1-2H3. The Balaban J connectivity index is 2.00. The van der Waals surface area contributed by atoms with Crippen LogP contribution < -0.4 is 5.32 Å². The van der Waals surface area contributed by atoms with Crippen LogP contribution in [0, 0.1) is 5.92 Å². The van der Waals surface area contributed by atoms with E-state index in [1.54, 1.807) is 7.05 Å². The van der Waals surface area contributed by atoms with Crippen molar-refractivity contribution in [3.8, 4) is 0 Å². The van der Waals surface area contributed by atoms with Crippen LogP contribution in [0.4, 0.5) is 0 Å². The van der Waals surface area contributed by atoms with Crippen LogP contribution in [0.3, 0.4) is 0 Å². The van der Waals surface area contributed by atoms with Gasteiger partial charge in [-0.05, 0) is 48.3 Å². The van der Waals surface area contributed by atoms with Gasteiger partial charge in [-0.15, -0.1) is 10.2 Å². The summed E-state index contributed by atoms with van der Waals surface area (Å²) in [4.78, 5) is 1.51. The van der Waals surface area contributed by atoms with Crippen molar-refractivity contribution in [3.05, 3.63) is 40.1 Å². The number of halogens is 1. The fourth-order valence-electron chi connectivity index (χ4n) is 2.18.